The van der Waals surface area contributed by atoms with Crippen molar-refractivity contribution in [2.45, 2.75) is 26.9 Å². The van der Waals surface area contributed by atoms with Gasteiger partial charge in [-0.25, -0.2) is 9.59 Å². The van der Waals surface area contributed by atoms with Crippen LogP contribution in [0.4, 0.5) is 0 Å². The summed E-state index contributed by atoms with van der Waals surface area (Å²) in [6.45, 7) is 4.72. The van der Waals surface area contributed by atoms with Crippen LogP contribution in [-0.2, 0) is 9.47 Å². The lowest BCUT2D eigenvalue weighted by Crippen LogP contribution is -2.25. The molecule has 0 spiro atoms. The molecule has 0 bridgehead atoms. The molecule has 2 aromatic rings. The summed E-state index contributed by atoms with van der Waals surface area (Å²) in [5.41, 5.74) is 1.44. The molecule has 0 fully saturated rings. The van der Waals surface area contributed by atoms with Crippen LogP contribution in [0.15, 0.2) is 12.1 Å². The Morgan fingerprint density at radius 2 is 1.43 bits per heavy atom. The first kappa shape index (κ1) is 22.8. The molecule has 0 aliphatic heterocycles. The van der Waals surface area contributed by atoms with Crippen molar-refractivity contribution in [3.8, 4) is 17.2 Å². The molecule has 1 aromatic heterocycles. The number of ketones is 1. The predicted octanol–water partition coefficient (Wildman–Crippen LogP) is 2.87. The number of ether oxygens (including phenoxy) is 5. The fraction of sp³-hybridized carbons (Fsp3) is 0.381. The summed E-state index contributed by atoms with van der Waals surface area (Å²) in [4.78, 5) is 40.4. The molecule has 2 rings (SSSR count). The molecular formula is C21H25NO8. The zero-order valence-electron chi connectivity index (χ0n) is 18.0. The van der Waals surface area contributed by atoms with Crippen molar-refractivity contribution >= 4 is 17.7 Å². The van der Waals surface area contributed by atoms with E-state index in [0.717, 1.165) is 0 Å². The highest BCUT2D eigenvalue weighted by Gasteiger charge is 2.29. The van der Waals surface area contributed by atoms with Gasteiger partial charge in [-0.05, 0) is 26.3 Å². The third-order valence-corrected chi connectivity index (χ3v) is 4.65. The first-order valence-corrected chi connectivity index (χ1v) is 9.02. The molecule has 0 unspecified atom stereocenters. The zero-order chi connectivity index (χ0) is 22.6. The fourth-order valence-electron chi connectivity index (χ4n) is 3.07. The van der Waals surface area contributed by atoms with Crippen LogP contribution in [0.25, 0.3) is 0 Å². The van der Waals surface area contributed by atoms with Crippen LogP contribution in [0, 0.1) is 13.8 Å². The van der Waals surface area contributed by atoms with E-state index >= 15 is 0 Å². The highest BCUT2D eigenvalue weighted by molar-refractivity contribution is 6.05. The second kappa shape index (κ2) is 9.34. The Labute approximate surface area is 174 Å². The third kappa shape index (κ3) is 4.24. The van der Waals surface area contributed by atoms with Gasteiger partial charge in [-0.1, -0.05) is 0 Å². The molecule has 1 N–H and O–H groups in total. The van der Waals surface area contributed by atoms with Gasteiger partial charge in [0, 0.05) is 17.8 Å². The number of aromatic amines is 1. The predicted molar refractivity (Wildman–Crippen MR) is 107 cm³/mol. The molecule has 162 valence electrons. The lowest BCUT2D eigenvalue weighted by molar-refractivity contribution is 0.0313. The van der Waals surface area contributed by atoms with E-state index in [-0.39, 0.29) is 22.6 Å². The quantitative estimate of drug-likeness (QED) is 0.513. The fourth-order valence-corrected chi connectivity index (χ4v) is 3.07. The Morgan fingerprint density at radius 3 is 1.97 bits per heavy atom. The summed E-state index contributed by atoms with van der Waals surface area (Å²) in [6.07, 6.45) is -1.13. The largest absolute Gasteiger partial charge is 0.496 e. The van der Waals surface area contributed by atoms with E-state index < -0.39 is 23.8 Å². The Hall–Kier alpha value is -3.49. The van der Waals surface area contributed by atoms with Crippen LogP contribution < -0.4 is 14.2 Å². The van der Waals surface area contributed by atoms with Gasteiger partial charge in [-0.15, -0.1) is 0 Å². The van der Waals surface area contributed by atoms with E-state index in [1.54, 1.807) is 13.8 Å². The van der Waals surface area contributed by atoms with Crippen LogP contribution in [0.5, 0.6) is 17.2 Å². The molecule has 0 radical (unpaired) electrons. The van der Waals surface area contributed by atoms with Crippen molar-refractivity contribution in [1.29, 1.82) is 0 Å². The average molecular weight is 419 g/mol. The summed E-state index contributed by atoms with van der Waals surface area (Å²) in [5.74, 6) is -0.927. The normalized spacial score (nSPS) is 11.4. The van der Waals surface area contributed by atoms with Crippen molar-refractivity contribution in [3.63, 3.8) is 0 Å². The number of carbonyl (C=O) groups excluding carboxylic acids is 3. The van der Waals surface area contributed by atoms with Gasteiger partial charge < -0.3 is 28.7 Å². The number of aromatic nitrogens is 1. The molecule has 0 aliphatic carbocycles. The van der Waals surface area contributed by atoms with E-state index in [1.165, 1.54) is 47.5 Å². The van der Waals surface area contributed by atoms with E-state index in [9.17, 15) is 14.4 Å². The molecule has 1 heterocycles. The molecule has 9 nitrogen and oxygen atoms in total. The first-order chi connectivity index (χ1) is 14.2. The number of Topliss-reactive ketones (excluding diaryl/α,β-unsaturated/α-hetero) is 1. The lowest BCUT2D eigenvalue weighted by atomic mass is 10.1. The van der Waals surface area contributed by atoms with Crippen molar-refractivity contribution in [2.75, 3.05) is 28.4 Å². The molecule has 1 atom stereocenters. The number of hydrogen-bond acceptors (Lipinski definition) is 8. The number of esters is 2. The number of aryl methyl sites for hydroxylation is 1. The van der Waals surface area contributed by atoms with Crippen LogP contribution in [-0.4, -0.2) is 57.2 Å². The molecule has 0 amide bonds. The summed E-state index contributed by atoms with van der Waals surface area (Å²) >= 11 is 0. The minimum absolute atomic E-state index is 0.0736. The van der Waals surface area contributed by atoms with Gasteiger partial charge in [0.25, 0.3) is 0 Å². The summed E-state index contributed by atoms with van der Waals surface area (Å²) < 4.78 is 25.7. The summed E-state index contributed by atoms with van der Waals surface area (Å²) in [7, 11) is 5.54. The third-order valence-electron chi connectivity index (χ3n) is 4.65. The minimum atomic E-state index is -1.13. The van der Waals surface area contributed by atoms with Crippen LogP contribution in [0.3, 0.4) is 0 Å². The Balaban J connectivity index is 2.30. The Morgan fingerprint density at radius 1 is 0.867 bits per heavy atom. The summed E-state index contributed by atoms with van der Waals surface area (Å²) in [6, 6.07) is 2.90. The van der Waals surface area contributed by atoms with Gasteiger partial charge in [-0.2, -0.15) is 0 Å². The molecular weight excluding hydrogens is 394 g/mol. The van der Waals surface area contributed by atoms with E-state index in [0.29, 0.717) is 22.8 Å². The highest BCUT2D eigenvalue weighted by Crippen LogP contribution is 2.35. The van der Waals surface area contributed by atoms with E-state index in [1.807, 2.05) is 0 Å². The Kier molecular flexibility index (Phi) is 7.10. The lowest BCUT2D eigenvalue weighted by Gasteiger charge is -2.16. The van der Waals surface area contributed by atoms with Crippen molar-refractivity contribution in [3.05, 3.63) is 40.2 Å². The van der Waals surface area contributed by atoms with Gasteiger partial charge >= 0.3 is 11.9 Å². The average Bonchev–Trinajstić information content (AvgIpc) is 3.04. The maximum absolute atomic E-state index is 12.9. The van der Waals surface area contributed by atoms with E-state index in [2.05, 4.69) is 4.98 Å². The standard InChI is InChI=1S/C21H25NO8/c1-10-17(21(25)29-7)11(2)22-18(10)19(23)12(3)30-20(24)13-8-15(27-5)16(28-6)9-14(13)26-4/h8-9,12,22H,1-7H3/t12-/m1/s1. The number of nitrogens with one attached hydrogen (secondary N) is 1. The van der Waals surface area contributed by atoms with Crippen molar-refractivity contribution < 1.29 is 38.1 Å². The van der Waals surface area contributed by atoms with Crippen LogP contribution in [0.2, 0.25) is 0 Å². The minimum Gasteiger partial charge on any atom is -0.496 e. The van der Waals surface area contributed by atoms with E-state index in [4.69, 9.17) is 23.7 Å². The molecule has 0 aliphatic rings. The number of carbonyl (C=O) groups is 3. The molecule has 9 heteroatoms. The number of rotatable bonds is 8. The number of benzene rings is 1. The molecule has 0 saturated carbocycles. The number of methoxy groups -OCH3 is 4. The van der Waals surface area contributed by atoms with Gasteiger partial charge in [-0.3, -0.25) is 4.79 Å². The second-order valence-corrected chi connectivity index (χ2v) is 6.44. The topological polar surface area (TPSA) is 113 Å². The monoisotopic (exact) mass is 419 g/mol. The number of H-pyrrole nitrogens is 1. The van der Waals surface area contributed by atoms with Crippen molar-refractivity contribution in [2.24, 2.45) is 0 Å². The SMILES string of the molecule is COC(=O)c1c(C)[nH]c(C(=O)[C@@H](C)OC(=O)c2cc(OC)c(OC)cc2OC)c1C. The van der Waals surface area contributed by atoms with Crippen LogP contribution in [0.1, 0.15) is 49.4 Å². The molecule has 30 heavy (non-hydrogen) atoms. The highest BCUT2D eigenvalue weighted by atomic mass is 16.6. The molecule has 0 saturated heterocycles. The number of hydrogen-bond donors (Lipinski definition) is 1. The molecule has 1 aromatic carbocycles. The first-order valence-electron chi connectivity index (χ1n) is 9.02. The van der Waals surface area contributed by atoms with Crippen molar-refractivity contribution in [1.82, 2.24) is 4.98 Å². The van der Waals surface area contributed by atoms with Gasteiger partial charge in [0.2, 0.25) is 5.78 Å². The smallest absolute Gasteiger partial charge is 0.342 e. The zero-order valence-corrected chi connectivity index (χ0v) is 18.0. The Bertz CT molecular complexity index is 976. The second-order valence-electron chi connectivity index (χ2n) is 6.44. The van der Waals surface area contributed by atoms with Gasteiger partial charge in [0.1, 0.15) is 11.3 Å². The van der Waals surface area contributed by atoms with Gasteiger partial charge in [0.15, 0.2) is 17.6 Å². The maximum atomic E-state index is 12.9. The van der Waals surface area contributed by atoms with Crippen LogP contribution >= 0.6 is 0 Å². The summed E-state index contributed by atoms with van der Waals surface area (Å²) in [5, 5.41) is 0. The maximum Gasteiger partial charge on any atom is 0.342 e. The van der Waals surface area contributed by atoms with Gasteiger partial charge in [0.05, 0.1) is 39.7 Å².